The van der Waals surface area contributed by atoms with Crippen molar-refractivity contribution in [1.29, 1.82) is 0 Å². The summed E-state index contributed by atoms with van der Waals surface area (Å²) in [6.45, 7) is 5.63. The molecule has 0 unspecified atom stereocenters. The number of halogens is 1. The minimum atomic E-state index is 0. The first-order valence-electron chi connectivity index (χ1n) is 10.6. The van der Waals surface area contributed by atoms with E-state index in [0.717, 1.165) is 57.0 Å². The van der Waals surface area contributed by atoms with Gasteiger partial charge in [0.2, 0.25) is 0 Å². The molecule has 1 aliphatic rings. The van der Waals surface area contributed by atoms with E-state index in [-0.39, 0.29) is 24.0 Å². The van der Waals surface area contributed by atoms with Gasteiger partial charge in [-0.3, -0.25) is 4.99 Å². The van der Waals surface area contributed by atoms with Crippen LogP contribution in [0.1, 0.15) is 50.5 Å². The molecule has 0 bridgehead atoms. The summed E-state index contributed by atoms with van der Waals surface area (Å²) < 4.78 is 6.89. The maximum atomic E-state index is 5.62. The Kier molecular flexibility index (Phi) is 10.7. The van der Waals surface area contributed by atoms with Gasteiger partial charge in [0.15, 0.2) is 5.96 Å². The van der Waals surface area contributed by atoms with Crippen LogP contribution in [0.3, 0.4) is 0 Å². The minimum Gasteiger partial charge on any atom is -0.382 e. The Labute approximate surface area is 196 Å². The first kappa shape index (κ1) is 24.3. The number of ether oxygens (including phenoxy) is 1. The van der Waals surface area contributed by atoms with Crippen LogP contribution in [0.4, 0.5) is 0 Å². The van der Waals surface area contributed by atoms with Gasteiger partial charge in [0, 0.05) is 39.8 Å². The van der Waals surface area contributed by atoms with Gasteiger partial charge in [0.1, 0.15) is 0 Å². The van der Waals surface area contributed by atoms with Crippen LogP contribution in [0.5, 0.6) is 0 Å². The number of aryl methyl sites for hydroxylation is 1. The van der Waals surface area contributed by atoms with Gasteiger partial charge in [-0.25, -0.2) is 4.98 Å². The van der Waals surface area contributed by atoms with Crippen LogP contribution in [0.15, 0.2) is 29.3 Å². The standard InChI is InChI=1S/C22H34N4OS.HI/c1-3-27-16-14-22(12-6-7-13-22)17-25-21(23-2)24-15-8-11-20-26-18-9-4-5-10-19(18)28-20;/h4-5,9-10H,3,6-8,11-17H2,1-2H3,(H2,23,24,25);1H. The first-order valence-corrected chi connectivity index (χ1v) is 11.4. The highest BCUT2D eigenvalue weighted by Crippen LogP contribution is 2.40. The molecular formula is C22H35IN4OS. The van der Waals surface area contributed by atoms with Crippen molar-refractivity contribution in [2.75, 3.05) is 33.4 Å². The number of guanidine groups is 1. The summed E-state index contributed by atoms with van der Waals surface area (Å²) in [6, 6.07) is 8.36. The Balaban J connectivity index is 0.00000300. The maximum absolute atomic E-state index is 5.62. The molecule has 29 heavy (non-hydrogen) atoms. The van der Waals surface area contributed by atoms with Crippen molar-refractivity contribution in [2.45, 2.75) is 51.9 Å². The largest absolute Gasteiger partial charge is 0.382 e. The number of aliphatic imine (C=N–C) groups is 1. The van der Waals surface area contributed by atoms with Gasteiger partial charge in [-0.1, -0.05) is 25.0 Å². The van der Waals surface area contributed by atoms with E-state index < -0.39 is 0 Å². The molecule has 2 aromatic rings. The van der Waals surface area contributed by atoms with Gasteiger partial charge in [0.05, 0.1) is 15.2 Å². The molecule has 7 heteroatoms. The molecule has 162 valence electrons. The summed E-state index contributed by atoms with van der Waals surface area (Å²) in [5.74, 6) is 0.909. The van der Waals surface area contributed by atoms with Crippen LogP contribution in [0.2, 0.25) is 0 Å². The SMILES string of the molecule is CCOCCC1(CNC(=NC)NCCCc2nc3ccccc3s2)CCCC1.I. The van der Waals surface area contributed by atoms with Crippen LogP contribution < -0.4 is 10.6 Å². The van der Waals surface area contributed by atoms with Gasteiger partial charge in [-0.15, -0.1) is 35.3 Å². The molecule has 0 amide bonds. The van der Waals surface area contributed by atoms with E-state index in [0.29, 0.717) is 5.41 Å². The molecule has 2 N–H and O–H groups in total. The monoisotopic (exact) mass is 530 g/mol. The third kappa shape index (κ3) is 7.36. The number of benzene rings is 1. The van der Waals surface area contributed by atoms with Gasteiger partial charge in [-0.2, -0.15) is 0 Å². The van der Waals surface area contributed by atoms with E-state index >= 15 is 0 Å². The highest BCUT2D eigenvalue weighted by atomic mass is 127. The number of para-hydroxylation sites is 1. The number of nitrogens with zero attached hydrogens (tertiary/aromatic N) is 2. The number of nitrogens with one attached hydrogen (secondary N) is 2. The topological polar surface area (TPSA) is 58.5 Å². The second kappa shape index (κ2) is 12.7. The molecule has 1 fully saturated rings. The fraction of sp³-hybridized carbons (Fsp3) is 0.636. The van der Waals surface area contributed by atoms with Gasteiger partial charge in [0.25, 0.3) is 0 Å². The van der Waals surface area contributed by atoms with Crippen molar-refractivity contribution in [1.82, 2.24) is 15.6 Å². The molecule has 1 saturated carbocycles. The Morgan fingerprint density at radius 1 is 1.24 bits per heavy atom. The lowest BCUT2D eigenvalue weighted by molar-refractivity contribution is 0.105. The first-order chi connectivity index (χ1) is 13.7. The molecule has 0 radical (unpaired) electrons. The highest BCUT2D eigenvalue weighted by molar-refractivity contribution is 14.0. The maximum Gasteiger partial charge on any atom is 0.190 e. The van der Waals surface area contributed by atoms with Gasteiger partial charge >= 0.3 is 0 Å². The number of aromatic nitrogens is 1. The predicted molar refractivity (Wildman–Crippen MR) is 135 cm³/mol. The van der Waals surface area contributed by atoms with Crippen LogP contribution in [-0.4, -0.2) is 44.3 Å². The highest BCUT2D eigenvalue weighted by Gasteiger charge is 2.33. The normalized spacial score (nSPS) is 16.0. The molecule has 0 aliphatic heterocycles. The quantitative estimate of drug-likeness (QED) is 0.197. The fourth-order valence-electron chi connectivity index (χ4n) is 4.04. The lowest BCUT2D eigenvalue weighted by Gasteiger charge is -2.30. The third-order valence-corrected chi connectivity index (χ3v) is 6.79. The summed E-state index contributed by atoms with van der Waals surface area (Å²) >= 11 is 1.80. The molecule has 1 aromatic heterocycles. The number of thiazole rings is 1. The molecular weight excluding hydrogens is 495 g/mol. The van der Waals surface area contributed by atoms with Crippen molar-refractivity contribution in [3.8, 4) is 0 Å². The van der Waals surface area contributed by atoms with Crippen LogP contribution >= 0.6 is 35.3 Å². The zero-order chi connectivity index (χ0) is 19.7. The molecule has 1 aliphatic carbocycles. The minimum absolute atomic E-state index is 0. The molecule has 3 rings (SSSR count). The second-order valence-electron chi connectivity index (χ2n) is 7.69. The summed E-state index contributed by atoms with van der Waals surface area (Å²) in [7, 11) is 1.85. The molecule has 0 spiro atoms. The second-order valence-corrected chi connectivity index (χ2v) is 8.80. The van der Waals surface area contributed by atoms with Crippen molar-refractivity contribution < 1.29 is 4.74 Å². The average Bonchev–Trinajstić information content (AvgIpc) is 3.34. The number of rotatable bonds is 10. The Morgan fingerprint density at radius 3 is 2.76 bits per heavy atom. The Morgan fingerprint density at radius 2 is 2.03 bits per heavy atom. The van der Waals surface area contributed by atoms with Crippen molar-refractivity contribution in [3.05, 3.63) is 29.3 Å². The number of hydrogen-bond donors (Lipinski definition) is 2. The molecule has 0 saturated heterocycles. The van der Waals surface area contributed by atoms with Crippen molar-refractivity contribution in [3.63, 3.8) is 0 Å². The summed E-state index contributed by atoms with van der Waals surface area (Å²) in [5.41, 5.74) is 1.48. The molecule has 5 nitrogen and oxygen atoms in total. The van der Waals surface area contributed by atoms with E-state index in [1.54, 1.807) is 11.3 Å². The Bertz CT molecular complexity index is 725. The lowest BCUT2D eigenvalue weighted by Crippen LogP contribution is -2.43. The fourth-order valence-corrected chi connectivity index (χ4v) is 5.05. The Hall–Kier alpha value is -0.930. The number of fused-ring (bicyclic) bond motifs is 1. The van der Waals surface area contributed by atoms with E-state index in [2.05, 4.69) is 46.8 Å². The summed E-state index contributed by atoms with van der Waals surface area (Å²) in [4.78, 5) is 9.12. The molecule has 0 atom stereocenters. The van der Waals surface area contributed by atoms with Crippen LogP contribution in [0, 0.1) is 5.41 Å². The van der Waals surface area contributed by atoms with Crippen LogP contribution in [0.25, 0.3) is 10.2 Å². The van der Waals surface area contributed by atoms with E-state index in [1.165, 1.54) is 35.4 Å². The average molecular weight is 531 g/mol. The van der Waals surface area contributed by atoms with Gasteiger partial charge < -0.3 is 15.4 Å². The zero-order valence-corrected chi connectivity index (χ0v) is 20.9. The molecule has 1 heterocycles. The zero-order valence-electron chi connectivity index (χ0n) is 17.7. The summed E-state index contributed by atoms with van der Waals surface area (Å²) in [5, 5.41) is 8.25. The smallest absolute Gasteiger partial charge is 0.190 e. The summed E-state index contributed by atoms with van der Waals surface area (Å²) in [6.07, 6.45) is 8.45. The van der Waals surface area contributed by atoms with E-state index in [4.69, 9.17) is 9.72 Å². The van der Waals surface area contributed by atoms with Crippen LogP contribution in [-0.2, 0) is 11.2 Å². The van der Waals surface area contributed by atoms with E-state index in [1.807, 2.05) is 7.05 Å². The van der Waals surface area contributed by atoms with Crippen molar-refractivity contribution >= 4 is 51.5 Å². The third-order valence-electron chi connectivity index (χ3n) is 5.70. The van der Waals surface area contributed by atoms with E-state index in [9.17, 15) is 0 Å². The molecule has 1 aromatic carbocycles. The predicted octanol–water partition coefficient (Wildman–Crippen LogP) is 5.00. The lowest BCUT2D eigenvalue weighted by atomic mass is 9.83. The number of hydrogen-bond acceptors (Lipinski definition) is 4. The van der Waals surface area contributed by atoms with Gasteiger partial charge in [-0.05, 0) is 50.2 Å². The van der Waals surface area contributed by atoms with Crippen molar-refractivity contribution in [2.24, 2.45) is 10.4 Å².